The smallest absolute Gasteiger partial charge is 0.305 e. The van der Waals surface area contributed by atoms with Crippen molar-refractivity contribution in [2.75, 3.05) is 12.3 Å². The lowest BCUT2D eigenvalue weighted by atomic mass is 9.96. The summed E-state index contributed by atoms with van der Waals surface area (Å²) in [6.45, 7) is 2.51. The summed E-state index contributed by atoms with van der Waals surface area (Å²) >= 11 is 1.49. The van der Waals surface area contributed by atoms with Crippen LogP contribution in [0.5, 0.6) is 0 Å². The van der Waals surface area contributed by atoms with Gasteiger partial charge in [-0.1, -0.05) is 30.8 Å². The summed E-state index contributed by atoms with van der Waals surface area (Å²) in [4.78, 5) is 15.9. The number of halogens is 3. The first-order valence-corrected chi connectivity index (χ1v) is 7.49. The van der Waals surface area contributed by atoms with Crippen LogP contribution in [0.4, 0.5) is 13.2 Å². The van der Waals surface area contributed by atoms with Gasteiger partial charge >= 0.3 is 6.18 Å². The highest BCUT2D eigenvalue weighted by molar-refractivity contribution is 8.14. The molecule has 0 aliphatic carbocycles. The largest absolute Gasteiger partial charge is 0.416 e. The molecular formula is C14H15F3N2OS. The van der Waals surface area contributed by atoms with Crippen molar-refractivity contribution in [2.24, 2.45) is 4.99 Å². The molecule has 0 saturated heterocycles. The number of aliphatic imine (C=N–C) groups is 1. The number of alkyl halides is 3. The van der Waals surface area contributed by atoms with E-state index in [0.717, 1.165) is 17.9 Å². The fourth-order valence-corrected chi connectivity index (χ4v) is 2.72. The minimum atomic E-state index is -4.34. The highest BCUT2D eigenvalue weighted by Crippen LogP contribution is 2.30. The second-order valence-electron chi connectivity index (χ2n) is 4.81. The van der Waals surface area contributed by atoms with Crippen LogP contribution in [0, 0.1) is 0 Å². The van der Waals surface area contributed by atoms with E-state index in [0.29, 0.717) is 17.3 Å². The molecule has 0 fully saturated rings. The van der Waals surface area contributed by atoms with Crippen LogP contribution >= 0.6 is 11.8 Å². The maximum absolute atomic E-state index is 12.5. The Bertz CT molecular complexity index is 540. The number of nitrogens with one attached hydrogen (secondary N) is 1. The minimum Gasteiger partial charge on any atom is -0.305 e. The normalized spacial score (nSPS) is 16.5. The predicted octanol–water partition coefficient (Wildman–Crippen LogP) is 3.42. The third kappa shape index (κ3) is 4.49. The number of carbonyl (C=O) groups excluding carboxylic acids is 1. The summed E-state index contributed by atoms with van der Waals surface area (Å²) in [5.74, 6) is 0.541. The lowest BCUT2D eigenvalue weighted by molar-refractivity contribution is -0.137. The lowest BCUT2D eigenvalue weighted by Crippen LogP contribution is -2.28. The second kappa shape index (κ2) is 6.51. The van der Waals surface area contributed by atoms with Gasteiger partial charge in [0.15, 0.2) is 5.17 Å². The Morgan fingerprint density at radius 3 is 2.57 bits per heavy atom. The van der Waals surface area contributed by atoms with Gasteiger partial charge in [-0.2, -0.15) is 13.2 Å². The minimum absolute atomic E-state index is 0.153. The van der Waals surface area contributed by atoms with Gasteiger partial charge in [-0.3, -0.25) is 9.79 Å². The first-order chi connectivity index (χ1) is 9.86. The average Bonchev–Trinajstić information content (AvgIpc) is 2.90. The number of rotatable bonds is 3. The Hall–Kier alpha value is -1.50. The highest BCUT2D eigenvalue weighted by Gasteiger charge is 2.30. The van der Waals surface area contributed by atoms with Crippen molar-refractivity contribution in [1.29, 1.82) is 0 Å². The maximum atomic E-state index is 12.5. The van der Waals surface area contributed by atoms with Crippen LogP contribution in [0.15, 0.2) is 29.3 Å². The topological polar surface area (TPSA) is 41.5 Å². The molecule has 21 heavy (non-hydrogen) atoms. The molecule has 1 heterocycles. The molecule has 0 radical (unpaired) electrons. The van der Waals surface area contributed by atoms with Gasteiger partial charge in [-0.15, -0.1) is 0 Å². The zero-order valence-electron chi connectivity index (χ0n) is 11.4. The van der Waals surface area contributed by atoms with Crippen LogP contribution in [0.1, 0.15) is 30.4 Å². The van der Waals surface area contributed by atoms with Crippen molar-refractivity contribution >= 4 is 22.8 Å². The van der Waals surface area contributed by atoms with Crippen LogP contribution in [0.2, 0.25) is 0 Å². The molecule has 2 rings (SSSR count). The number of amides is 1. The Morgan fingerprint density at radius 1 is 1.38 bits per heavy atom. The van der Waals surface area contributed by atoms with E-state index >= 15 is 0 Å². The zero-order chi connectivity index (χ0) is 15.5. The summed E-state index contributed by atoms with van der Waals surface area (Å²) in [5.41, 5.74) is 0.0266. The molecule has 114 valence electrons. The van der Waals surface area contributed by atoms with E-state index in [2.05, 4.69) is 10.3 Å². The van der Waals surface area contributed by atoms with Gasteiger partial charge in [0.05, 0.1) is 12.1 Å². The molecule has 1 N–H and O–H groups in total. The van der Waals surface area contributed by atoms with Crippen molar-refractivity contribution in [2.45, 2.75) is 25.4 Å². The molecule has 1 aromatic carbocycles. The van der Waals surface area contributed by atoms with Gasteiger partial charge < -0.3 is 5.32 Å². The van der Waals surface area contributed by atoms with Crippen molar-refractivity contribution < 1.29 is 18.0 Å². The maximum Gasteiger partial charge on any atom is 0.416 e. The molecule has 1 unspecified atom stereocenters. The molecule has 0 bridgehead atoms. The van der Waals surface area contributed by atoms with Crippen LogP contribution in [-0.4, -0.2) is 23.4 Å². The molecule has 1 aromatic rings. The van der Waals surface area contributed by atoms with E-state index in [9.17, 15) is 18.0 Å². The monoisotopic (exact) mass is 316 g/mol. The SMILES string of the molecule is CC(CC(=O)NC1=NCCS1)c1ccc(C(F)(F)F)cc1. The van der Waals surface area contributed by atoms with Gasteiger partial charge in [0.25, 0.3) is 0 Å². The molecule has 1 aliphatic heterocycles. The predicted molar refractivity (Wildman–Crippen MR) is 77.4 cm³/mol. The number of thioether (sulfide) groups is 1. The number of amidine groups is 1. The lowest BCUT2D eigenvalue weighted by Gasteiger charge is -2.13. The number of hydrogen-bond acceptors (Lipinski definition) is 3. The summed E-state index contributed by atoms with van der Waals surface area (Å²) in [6.07, 6.45) is -4.12. The molecule has 1 amide bonds. The Kier molecular flexibility index (Phi) is 4.92. The van der Waals surface area contributed by atoms with Crippen LogP contribution in [0.3, 0.4) is 0 Å². The standard InChI is InChI=1S/C14H15F3N2OS/c1-9(8-12(20)19-13-18-6-7-21-13)10-2-4-11(5-3-10)14(15,16)17/h2-5,9H,6-8H2,1H3,(H,18,19,20). The van der Waals surface area contributed by atoms with E-state index < -0.39 is 11.7 Å². The second-order valence-corrected chi connectivity index (χ2v) is 5.89. The van der Waals surface area contributed by atoms with Crippen LogP contribution in [0.25, 0.3) is 0 Å². The number of nitrogens with zero attached hydrogens (tertiary/aromatic N) is 1. The third-order valence-corrected chi connectivity index (χ3v) is 4.02. The number of carbonyl (C=O) groups is 1. The van der Waals surface area contributed by atoms with E-state index in [4.69, 9.17) is 0 Å². The van der Waals surface area contributed by atoms with E-state index in [1.807, 2.05) is 6.92 Å². The number of hydrogen-bond donors (Lipinski definition) is 1. The molecule has 0 spiro atoms. The zero-order valence-corrected chi connectivity index (χ0v) is 12.2. The highest BCUT2D eigenvalue weighted by atomic mass is 32.2. The van der Waals surface area contributed by atoms with Gasteiger partial charge in [0.2, 0.25) is 5.91 Å². The molecule has 7 heteroatoms. The third-order valence-electron chi connectivity index (χ3n) is 3.13. The van der Waals surface area contributed by atoms with Gasteiger partial charge in [-0.05, 0) is 23.6 Å². The first kappa shape index (κ1) is 15.9. The summed E-state index contributed by atoms with van der Waals surface area (Å²) in [5, 5.41) is 3.33. The number of benzene rings is 1. The van der Waals surface area contributed by atoms with Crippen LogP contribution < -0.4 is 5.32 Å². The van der Waals surface area contributed by atoms with Crippen LogP contribution in [-0.2, 0) is 11.0 Å². The Labute approximate surface area is 125 Å². The van der Waals surface area contributed by atoms with E-state index in [-0.39, 0.29) is 18.2 Å². The first-order valence-electron chi connectivity index (χ1n) is 6.50. The Morgan fingerprint density at radius 2 is 2.05 bits per heavy atom. The molecule has 1 atom stereocenters. The Balaban J connectivity index is 1.93. The molecule has 3 nitrogen and oxygen atoms in total. The molecule has 0 saturated carbocycles. The van der Waals surface area contributed by atoms with E-state index in [1.54, 1.807) is 0 Å². The summed E-state index contributed by atoms with van der Waals surface area (Å²) in [6, 6.07) is 4.92. The average molecular weight is 316 g/mol. The van der Waals surface area contributed by atoms with Crippen molar-refractivity contribution in [3.8, 4) is 0 Å². The quantitative estimate of drug-likeness (QED) is 0.928. The van der Waals surface area contributed by atoms with Crippen molar-refractivity contribution in [1.82, 2.24) is 5.32 Å². The van der Waals surface area contributed by atoms with E-state index in [1.165, 1.54) is 23.9 Å². The fraction of sp³-hybridized carbons (Fsp3) is 0.429. The molecule has 1 aliphatic rings. The van der Waals surface area contributed by atoms with Gasteiger partial charge in [0.1, 0.15) is 0 Å². The van der Waals surface area contributed by atoms with Gasteiger partial charge in [-0.25, -0.2) is 0 Å². The summed E-state index contributed by atoms with van der Waals surface area (Å²) in [7, 11) is 0. The van der Waals surface area contributed by atoms with Crippen molar-refractivity contribution in [3.63, 3.8) is 0 Å². The van der Waals surface area contributed by atoms with Gasteiger partial charge in [0, 0.05) is 12.2 Å². The van der Waals surface area contributed by atoms with Crippen molar-refractivity contribution in [3.05, 3.63) is 35.4 Å². The summed E-state index contributed by atoms with van der Waals surface area (Å²) < 4.78 is 37.4. The molecular weight excluding hydrogens is 301 g/mol. The fourth-order valence-electron chi connectivity index (χ4n) is 1.98. The molecule has 0 aromatic heterocycles.